The lowest BCUT2D eigenvalue weighted by molar-refractivity contribution is -0.140. The van der Waals surface area contributed by atoms with Gasteiger partial charge in [0.25, 0.3) is 0 Å². The lowest BCUT2D eigenvalue weighted by Crippen LogP contribution is -2.49. The third-order valence-corrected chi connectivity index (χ3v) is 5.06. The molecule has 27 heavy (non-hydrogen) atoms. The van der Waals surface area contributed by atoms with Crippen molar-refractivity contribution in [2.45, 2.75) is 45.8 Å². The first-order valence-electron chi connectivity index (χ1n) is 8.85. The number of rotatable bonds is 7. The van der Waals surface area contributed by atoms with E-state index in [1.165, 1.54) is 0 Å². The highest BCUT2D eigenvalue weighted by molar-refractivity contribution is 9.10. The lowest BCUT2D eigenvalue weighted by atomic mass is 10.1. The zero-order chi connectivity index (χ0) is 20.0. The van der Waals surface area contributed by atoms with Crippen molar-refractivity contribution < 1.29 is 9.59 Å². The van der Waals surface area contributed by atoms with E-state index in [9.17, 15) is 9.59 Å². The molecule has 0 fully saturated rings. The minimum absolute atomic E-state index is 0.00755. The van der Waals surface area contributed by atoms with Gasteiger partial charge in [-0.15, -0.1) is 0 Å². The Bertz CT molecular complexity index is 793. The van der Waals surface area contributed by atoms with E-state index >= 15 is 0 Å². The lowest BCUT2D eigenvalue weighted by Gasteiger charge is -2.29. The molecular formula is C21H24BrClN2O2. The van der Waals surface area contributed by atoms with Gasteiger partial charge in [0.1, 0.15) is 6.04 Å². The molecule has 6 heteroatoms. The quantitative estimate of drug-likeness (QED) is 0.669. The van der Waals surface area contributed by atoms with Crippen molar-refractivity contribution in [2.75, 3.05) is 0 Å². The van der Waals surface area contributed by atoms with Crippen LogP contribution in [-0.2, 0) is 22.6 Å². The summed E-state index contributed by atoms with van der Waals surface area (Å²) in [7, 11) is 0. The van der Waals surface area contributed by atoms with Gasteiger partial charge in [0, 0.05) is 22.1 Å². The van der Waals surface area contributed by atoms with Gasteiger partial charge in [-0.3, -0.25) is 9.59 Å². The number of carbonyl (C=O) groups excluding carboxylic acids is 2. The number of benzene rings is 2. The molecule has 0 spiro atoms. The summed E-state index contributed by atoms with van der Waals surface area (Å²) in [4.78, 5) is 27.2. The molecule has 2 rings (SSSR count). The standard InChI is InChI=1S/C21H24BrClN2O2/c1-14(2)24-21(27)15(3)25(13-16-8-10-18(22)11-9-16)20(26)12-17-6-4-5-7-19(17)23/h4-11,14-15H,12-13H2,1-3H3,(H,24,27)/t15-/m0/s1. The van der Waals surface area contributed by atoms with Crippen molar-refractivity contribution >= 4 is 39.3 Å². The average Bonchev–Trinajstić information content (AvgIpc) is 2.62. The number of nitrogens with zero attached hydrogens (tertiary/aromatic N) is 1. The maximum Gasteiger partial charge on any atom is 0.242 e. The predicted octanol–water partition coefficient (Wildman–Crippen LogP) is 4.59. The molecule has 2 aromatic rings. The highest BCUT2D eigenvalue weighted by Crippen LogP contribution is 2.19. The molecule has 0 aliphatic heterocycles. The SMILES string of the molecule is CC(C)NC(=O)[C@H](C)N(Cc1ccc(Br)cc1)C(=O)Cc1ccccc1Cl. The van der Waals surface area contributed by atoms with Crippen LogP contribution in [0.2, 0.25) is 5.02 Å². The molecule has 0 saturated carbocycles. The van der Waals surface area contributed by atoms with Crippen molar-refractivity contribution in [3.8, 4) is 0 Å². The summed E-state index contributed by atoms with van der Waals surface area (Å²) in [6.07, 6.45) is 0.148. The van der Waals surface area contributed by atoms with E-state index < -0.39 is 6.04 Å². The van der Waals surface area contributed by atoms with Crippen LogP contribution in [0.4, 0.5) is 0 Å². The van der Waals surface area contributed by atoms with Gasteiger partial charge in [0.05, 0.1) is 6.42 Å². The summed E-state index contributed by atoms with van der Waals surface area (Å²) in [5.74, 6) is -0.313. The topological polar surface area (TPSA) is 49.4 Å². The second kappa shape index (κ2) is 9.90. The fraction of sp³-hybridized carbons (Fsp3) is 0.333. The smallest absolute Gasteiger partial charge is 0.242 e. The van der Waals surface area contributed by atoms with E-state index in [4.69, 9.17) is 11.6 Å². The second-order valence-corrected chi connectivity index (χ2v) is 8.08. The molecule has 4 nitrogen and oxygen atoms in total. The third kappa shape index (κ3) is 6.36. The highest BCUT2D eigenvalue weighted by atomic mass is 79.9. The van der Waals surface area contributed by atoms with Crippen LogP contribution in [0.5, 0.6) is 0 Å². The van der Waals surface area contributed by atoms with Gasteiger partial charge in [-0.05, 0) is 50.1 Å². The van der Waals surface area contributed by atoms with E-state index in [1.807, 2.05) is 56.3 Å². The normalized spacial score (nSPS) is 11.9. The molecule has 0 aliphatic rings. The first-order valence-corrected chi connectivity index (χ1v) is 10.0. The van der Waals surface area contributed by atoms with Crippen LogP contribution in [0.15, 0.2) is 53.0 Å². The predicted molar refractivity (Wildman–Crippen MR) is 113 cm³/mol. The molecule has 0 saturated heterocycles. The molecule has 0 aromatic heterocycles. The van der Waals surface area contributed by atoms with Gasteiger partial charge in [0.2, 0.25) is 11.8 Å². The Labute approximate surface area is 174 Å². The monoisotopic (exact) mass is 450 g/mol. The Morgan fingerprint density at radius 1 is 1.07 bits per heavy atom. The number of carbonyl (C=O) groups is 2. The van der Waals surface area contributed by atoms with Crippen molar-refractivity contribution in [1.29, 1.82) is 0 Å². The summed E-state index contributed by atoms with van der Waals surface area (Å²) in [5.41, 5.74) is 1.70. The first kappa shape index (κ1) is 21.5. The summed E-state index contributed by atoms with van der Waals surface area (Å²) in [5, 5.41) is 3.43. The summed E-state index contributed by atoms with van der Waals surface area (Å²) < 4.78 is 0.964. The van der Waals surface area contributed by atoms with Gasteiger partial charge in [-0.2, -0.15) is 0 Å². The van der Waals surface area contributed by atoms with Crippen LogP contribution < -0.4 is 5.32 Å². The number of nitrogens with one attached hydrogen (secondary N) is 1. The number of hydrogen-bond donors (Lipinski definition) is 1. The van der Waals surface area contributed by atoms with E-state index in [1.54, 1.807) is 17.9 Å². The largest absolute Gasteiger partial charge is 0.352 e. The van der Waals surface area contributed by atoms with Crippen LogP contribution in [-0.4, -0.2) is 28.8 Å². The summed E-state index contributed by atoms with van der Waals surface area (Å²) in [6, 6.07) is 14.4. The summed E-state index contributed by atoms with van der Waals surface area (Å²) in [6.45, 7) is 5.90. The Kier molecular flexibility index (Phi) is 7.87. The third-order valence-electron chi connectivity index (χ3n) is 4.16. The van der Waals surface area contributed by atoms with Gasteiger partial charge in [-0.1, -0.05) is 57.9 Å². The Balaban J connectivity index is 2.24. The number of amides is 2. The zero-order valence-electron chi connectivity index (χ0n) is 15.7. The minimum Gasteiger partial charge on any atom is -0.352 e. The van der Waals surface area contributed by atoms with E-state index in [0.29, 0.717) is 11.6 Å². The molecule has 0 radical (unpaired) electrons. The zero-order valence-corrected chi connectivity index (χ0v) is 18.0. The summed E-state index contributed by atoms with van der Waals surface area (Å²) >= 11 is 9.62. The van der Waals surface area contributed by atoms with Gasteiger partial charge >= 0.3 is 0 Å². The maximum absolute atomic E-state index is 13.0. The fourth-order valence-electron chi connectivity index (χ4n) is 2.68. The number of hydrogen-bond acceptors (Lipinski definition) is 2. The molecule has 2 aromatic carbocycles. The molecule has 0 heterocycles. The molecular weight excluding hydrogens is 428 g/mol. The fourth-order valence-corrected chi connectivity index (χ4v) is 3.15. The van der Waals surface area contributed by atoms with Crippen molar-refractivity contribution in [3.63, 3.8) is 0 Å². The Hall–Kier alpha value is -1.85. The average molecular weight is 452 g/mol. The van der Waals surface area contributed by atoms with Crippen LogP contribution in [0.3, 0.4) is 0 Å². The van der Waals surface area contributed by atoms with E-state index in [0.717, 1.165) is 15.6 Å². The van der Waals surface area contributed by atoms with Crippen molar-refractivity contribution in [3.05, 3.63) is 69.2 Å². The van der Waals surface area contributed by atoms with Gasteiger partial charge in [-0.25, -0.2) is 0 Å². The molecule has 144 valence electrons. The molecule has 0 bridgehead atoms. The Morgan fingerprint density at radius 2 is 1.70 bits per heavy atom. The second-order valence-electron chi connectivity index (χ2n) is 6.76. The van der Waals surface area contributed by atoms with E-state index in [2.05, 4.69) is 21.2 Å². The van der Waals surface area contributed by atoms with E-state index in [-0.39, 0.29) is 24.3 Å². The molecule has 1 N–H and O–H groups in total. The van der Waals surface area contributed by atoms with Crippen molar-refractivity contribution in [1.82, 2.24) is 10.2 Å². The number of halogens is 2. The molecule has 0 unspecified atom stereocenters. The van der Waals surface area contributed by atoms with Crippen LogP contribution >= 0.6 is 27.5 Å². The van der Waals surface area contributed by atoms with Gasteiger partial charge in [0.15, 0.2) is 0 Å². The molecule has 0 aliphatic carbocycles. The minimum atomic E-state index is -0.592. The van der Waals surface area contributed by atoms with Crippen LogP contribution in [0.25, 0.3) is 0 Å². The Morgan fingerprint density at radius 3 is 2.30 bits per heavy atom. The van der Waals surface area contributed by atoms with Crippen LogP contribution in [0, 0.1) is 0 Å². The molecule has 2 amide bonds. The first-order chi connectivity index (χ1) is 12.8. The van der Waals surface area contributed by atoms with Crippen LogP contribution in [0.1, 0.15) is 31.9 Å². The maximum atomic E-state index is 13.0. The highest BCUT2D eigenvalue weighted by Gasteiger charge is 2.26. The molecule has 1 atom stereocenters. The van der Waals surface area contributed by atoms with Crippen molar-refractivity contribution in [2.24, 2.45) is 0 Å². The van der Waals surface area contributed by atoms with Gasteiger partial charge < -0.3 is 10.2 Å².